The van der Waals surface area contributed by atoms with Crippen LogP contribution in [-0.2, 0) is 13.1 Å². The molecule has 0 saturated carbocycles. The predicted octanol–water partition coefficient (Wildman–Crippen LogP) is 4.20. The Morgan fingerprint density at radius 3 is 2.63 bits per heavy atom. The van der Waals surface area contributed by atoms with Crippen LogP contribution in [0.1, 0.15) is 21.6 Å². The third kappa shape index (κ3) is 3.67. The van der Waals surface area contributed by atoms with E-state index in [1.165, 1.54) is 0 Å². The molecule has 6 nitrogen and oxygen atoms in total. The fourth-order valence-corrected chi connectivity index (χ4v) is 3.51. The minimum atomic E-state index is -0.129. The Balaban J connectivity index is 1.47. The molecule has 2 aromatic carbocycles. The Bertz CT molecular complexity index is 1210. The average molecular weight is 397 g/mol. The van der Waals surface area contributed by atoms with E-state index in [2.05, 4.69) is 9.97 Å². The molecule has 0 bridgehead atoms. The highest BCUT2D eigenvalue weighted by Gasteiger charge is 2.20. The molecule has 0 unspecified atom stereocenters. The molecule has 0 fully saturated rings. The number of fused-ring (bicyclic) bond motifs is 2. The number of hydrogen-bond donors (Lipinski definition) is 0. The van der Waals surface area contributed by atoms with Crippen molar-refractivity contribution in [3.05, 3.63) is 95.9 Å². The van der Waals surface area contributed by atoms with Crippen molar-refractivity contribution in [3.8, 4) is 11.5 Å². The third-order valence-corrected chi connectivity index (χ3v) is 5.02. The predicted molar refractivity (Wildman–Crippen MR) is 112 cm³/mol. The molecule has 3 heterocycles. The van der Waals surface area contributed by atoms with Gasteiger partial charge in [-0.2, -0.15) is 0 Å². The molecule has 1 aliphatic rings. The number of carbonyl (C=O) groups is 1. The molecule has 2 aromatic heterocycles. The molecule has 30 heavy (non-hydrogen) atoms. The molecule has 0 spiro atoms. The summed E-state index contributed by atoms with van der Waals surface area (Å²) in [6.45, 7) is 1.13. The van der Waals surface area contributed by atoms with Gasteiger partial charge in [0.05, 0.1) is 5.52 Å². The van der Waals surface area contributed by atoms with E-state index in [1.54, 1.807) is 23.4 Å². The Kier molecular flexibility index (Phi) is 4.73. The summed E-state index contributed by atoms with van der Waals surface area (Å²) in [6, 6.07) is 21.1. The van der Waals surface area contributed by atoms with Gasteiger partial charge in [0.15, 0.2) is 11.5 Å². The zero-order valence-corrected chi connectivity index (χ0v) is 16.2. The van der Waals surface area contributed by atoms with Crippen molar-refractivity contribution >= 4 is 16.8 Å². The third-order valence-electron chi connectivity index (χ3n) is 5.02. The van der Waals surface area contributed by atoms with Gasteiger partial charge in [0.2, 0.25) is 6.79 Å². The molecular weight excluding hydrogens is 378 g/mol. The molecule has 0 saturated heterocycles. The van der Waals surface area contributed by atoms with Crippen LogP contribution in [0.5, 0.6) is 11.5 Å². The first-order chi connectivity index (χ1) is 14.8. The topological polar surface area (TPSA) is 64.6 Å². The minimum absolute atomic E-state index is 0.129. The monoisotopic (exact) mass is 397 g/mol. The number of aromatic nitrogens is 2. The van der Waals surface area contributed by atoms with Crippen LogP contribution in [0, 0.1) is 0 Å². The van der Waals surface area contributed by atoms with E-state index in [0.717, 1.165) is 27.8 Å². The van der Waals surface area contributed by atoms with E-state index in [4.69, 9.17) is 9.47 Å². The van der Waals surface area contributed by atoms with Gasteiger partial charge in [-0.05, 0) is 41.5 Å². The number of hydrogen-bond acceptors (Lipinski definition) is 5. The van der Waals surface area contributed by atoms with E-state index in [-0.39, 0.29) is 12.7 Å². The average Bonchev–Trinajstić information content (AvgIpc) is 3.26. The molecule has 0 atom stereocenters. The number of carbonyl (C=O) groups excluding carboxylic acids is 1. The lowest BCUT2D eigenvalue weighted by molar-refractivity contribution is 0.0724. The molecule has 1 aliphatic heterocycles. The number of ether oxygens (including phenoxy) is 2. The van der Waals surface area contributed by atoms with Crippen LogP contribution < -0.4 is 9.47 Å². The maximum absolute atomic E-state index is 13.4. The van der Waals surface area contributed by atoms with Gasteiger partial charge >= 0.3 is 0 Å². The number of pyridine rings is 2. The molecule has 0 radical (unpaired) electrons. The fourth-order valence-electron chi connectivity index (χ4n) is 3.51. The van der Waals surface area contributed by atoms with Crippen LogP contribution in [0.3, 0.4) is 0 Å². The molecule has 5 rings (SSSR count). The number of rotatable bonds is 5. The zero-order chi connectivity index (χ0) is 20.3. The highest BCUT2D eigenvalue weighted by atomic mass is 16.7. The van der Waals surface area contributed by atoms with Gasteiger partial charge in [0.25, 0.3) is 5.91 Å². The van der Waals surface area contributed by atoms with Gasteiger partial charge < -0.3 is 14.4 Å². The maximum atomic E-state index is 13.4. The second-order valence-corrected chi connectivity index (χ2v) is 7.10. The van der Waals surface area contributed by atoms with Crippen molar-refractivity contribution < 1.29 is 14.3 Å². The molecule has 4 aromatic rings. The van der Waals surface area contributed by atoms with E-state index >= 15 is 0 Å². The standard InChI is InChI=1S/C24H19N3O3/c28-24(21-8-7-19-13-25-11-10-20(19)26-21)27(14-17-4-2-1-3-5-17)15-18-6-9-22-23(12-18)30-16-29-22/h1-13H,14-16H2. The summed E-state index contributed by atoms with van der Waals surface area (Å²) >= 11 is 0. The van der Waals surface area contributed by atoms with Crippen LogP contribution in [0.25, 0.3) is 10.9 Å². The first-order valence-electron chi connectivity index (χ1n) is 9.69. The molecule has 6 heteroatoms. The van der Waals surface area contributed by atoms with Crippen molar-refractivity contribution in [2.45, 2.75) is 13.1 Å². The van der Waals surface area contributed by atoms with E-state index in [0.29, 0.717) is 24.5 Å². The van der Waals surface area contributed by atoms with Crippen LogP contribution in [0.15, 0.2) is 79.1 Å². The fraction of sp³-hybridized carbons (Fsp3) is 0.125. The number of benzene rings is 2. The van der Waals surface area contributed by atoms with Gasteiger partial charge in [0, 0.05) is 30.9 Å². The second-order valence-electron chi connectivity index (χ2n) is 7.10. The van der Waals surface area contributed by atoms with Crippen LogP contribution in [-0.4, -0.2) is 27.6 Å². The number of nitrogens with zero attached hydrogens (tertiary/aromatic N) is 3. The van der Waals surface area contributed by atoms with E-state index in [9.17, 15) is 4.79 Å². The van der Waals surface area contributed by atoms with Crippen LogP contribution >= 0.6 is 0 Å². The molecule has 0 aliphatic carbocycles. The van der Waals surface area contributed by atoms with E-state index in [1.807, 2.05) is 60.7 Å². The van der Waals surface area contributed by atoms with Crippen LogP contribution in [0.4, 0.5) is 0 Å². The molecular formula is C24H19N3O3. The summed E-state index contributed by atoms with van der Waals surface area (Å²) in [4.78, 5) is 23.9. The summed E-state index contributed by atoms with van der Waals surface area (Å²) in [7, 11) is 0. The Hall–Kier alpha value is -3.93. The Labute approximate surface area is 173 Å². The molecule has 1 amide bonds. The summed E-state index contributed by atoms with van der Waals surface area (Å²) in [5.41, 5.74) is 3.18. The summed E-state index contributed by atoms with van der Waals surface area (Å²) in [5.74, 6) is 1.30. The summed E-state index contributed by atoms with van der Waals surface area (Å²) in [5, 5.41) is 0.902. The lowest BCUT2D eigenvalue weighted by Crippen LogP contribution is -2.30. The normalized spacial score (nSPS) is 12.1. The first-order valence-corrected chi connectivity index (χ1v) is 9.69. The molecule has 148 valence electrons. The van der Waals surface area contributed by atoms with Crippen molar-refractivity contribution in [2.75, 3.05) is 6.79 Å². The van der Waals surface area contributed by atoms with E-state index < -0.39 is 0 Å². The lowest BCUT2D eigenvalue weighted by Gasteiger charge is -2.23. The quantitative estimate of drug-likeness (QED) is 0.505. The second kappa shape index (κ2) is 7.83. The van der Waals surface area contributed by atoms with Crippen molar-refractivity contribution in [1.29, 1.82) is 0 Å². The number of amides is 1. The van der Waals surface area contributed by atoms with Crippen molar-refractivity contribution in [1.82, 2.24) is 14.9 Å². The van der Waals surface area contributed by atoms with Gasteiger partial charge in [0.1, 0.15) is 5.69 Å². The Morgan fingerprint density at radius 2 is 1.73 bits per heavy atom. The maximum Gasteiger partial charge on any atom is 0.273 e. The summed E-state index contributed by atoms with van der Waals surface area (Å²) in [6.07, 6.45) is 3.42. The van der Waals surface area contributed by atoms with Gasteiger partial charge in [-0.1, -0.05) is 36.4 Å². The van der Waals surface area contributed by atoms with Gasteiger partial charge in [-0.25, -0.2) is 4.98 Å². The SMILES string of the molecule is O=C(c1ccc2cnccc2n1)N(Cc1ccccc1)Cc1ccc2c(c1)OCO2. The van der Waals surface area contributed by atoms with Crippen LogP contribution in [0.2, 0.25) is 0 Å². The minimum Gasteiger partial charge on any atom is -0.454 e. The first kappa shape index (κ1) is 18.1. The van der Waals surface area contributed by atoms with Gasteiger partial charge in [-0.15, -0.1) is 0 Å². The lowest BCUT2D eigenvalue weighted by atomic mass is 10.1. The van der Waals surface area contributed by atoms with Gasteiger partial charge in [-0.3, -0.25) is 9.78 Å². The smallest absolute Gasteiger partial charge is 0.273 e. The van der Waals surface area contributed by atoms with Crippen molar-refractivity contribution in [3.63, 3.8) is 0 Å². The highest BCUT2D eigenvalue weighted by molar-refractivity contribution is 5.94. The van der Waals surface area contributed by atoms with Crippen molar-refractivity contribution in [2.24, 2.45) is 0 Å². The Morgan fingerprint density at radius 1 is 0.900 bits per heavy atom. The summed E-state index contributed by atoms with van der Waals surface area (Å²) < 4.78 is 10.9. The zero-order valence-electron chi connectivity index (χ0n) is 16.2. The largest absolute Gasteiger partial charge is 0.454 e. The highest BCUT2D eigenvalue weighted by Crippen LogP contribution is 2.33. The molecule has 0 N–H and O–H groups in total.